The predicted molar refractivity (Wildman–Crippen MR) is 68.8 cm³/mol. The van der Waals surface area contributed by atoms with Crippen LogP contribution in [0.1, 0.15) is 24.3 Å². The van der Waals surface area contributed by atoms with Crippen molar-refractivity contribution in [2.45, 2.75) is 18.8 Å². The van der Waals surface area contributed by atoms with E-state index in [-0.39, 0.29) is 23.5 Å². The van der Waals surface area contributed by atoms with Crippen LogP contribution in [-0.2, 0) is 14.4 Å². The molecule has 0 aliphatic carbocycles. The number of anilines is 1. The van der Waals surface area contributed by atoms with Gasteiger partial charge in [-0.3, -0.25) is 19.7 Å². The third-order valence-electron chi connectivity index (χ3n) is 3.63. The highest BCUT2D eigenvalue weighted by Crippen LogP contribution is 2.27. The van der Waals surface area contributed by atoms with Gasteiger partial charge in [0.1, 0.15) is 0 Å². The minimum Gasteiger partial charge on any atom is -0.357 e. The Labute approximate surface area is 110 Å². The average molecular weight is 258 g/mol. The maximum Gasteiger partial charge on any atom is 0.234 e. The van der Waals surface area contributed by atoms with E-state index in [1.54, 1.807) is 0 Å². The van der Waals surface area contributed by atoms with Crippen LogP contribution in [0.2, 0.25) is 0 Å². The van der Waals surface area contributed by atoms with Crippen molar-refractivity contribution in [1.82, 2.24) is 5.32 Å². The van der Waals surface area contributed by atoms with Crippen LogP contribution in [0.15, 0.2) is 24.3 Å². The van der Waals surface area contributed by atoms with Crippen LogP contribution < -0.4 is 10.2 Å². The fourth-order valence-electron chi connectivity index (χ4n) is 2.49. The highest BCUT2D eigenvalue weighted by atomic mass is 16.2. The van der Waals surface area contributed by atoms with Crippen molar-refractivity contribution in [2.75, 3.05) is 18.0 Å². The lowest BCUT2D eigenvalue weighted by molar-refractivity contribution is -0.134. The summed E-state index contributed by atoms with van der Waals surface area (Å²) in [5.74, 6) is -0.417. The zero-order valence-electron chi connectivity index (χ0n) is 10.4. The largest absolute Gasteiger partial charge is 0.357 e. The first-order chi connectivity index (χ1) is 9.13. The van der Waals surface area contributed by atoms with E-state index in [4.69, 9.17) is 0 Å². The van der Waals surface area contributed by atoms with Crippen molar-refractivity contribution in [3.63, 3.8) is 0 Å². The van der Waals surface area contributed by atoms with Crippen LogP contribution in [0.5, 0.6) is 0 Å². The lowest BCUT2D eigenvalue weighted by atomic mass is 9.90. The number of rotatable bonds is 2. The molecule has 5 heteroatoms. The number of nitrogens with zero attached hydrogens (tertiary/aromatic N) is 1. The molecule has 1 unspecified atom stereocenters. The van der Waals surface area contributed by atoms with E-state index < -0.39 is 0 Å². The van der Waals surface area contributed by atoms with E-state index in [2.05, 4.69) is 5.32 Å². The van der Waals surface area contributed by atoms with Crippen LogP contribution in [0.4, 0.5) is 5.69 Å². The van der Waals surface area contributed by atoms with E-state index in [9.17, 15) is 14.4 Å². The zero-order chi connectivity index (χ0) is 13.4. The van der Waals surface area contributed by atoms with Gasteiger partial charge in [0.05, 0.1) is 19.0 Å². The van der Waals surface area contributed by atoms with E-state index in [0.29, 0.717) is 25.9 Å². The maximum atomic E-state index is 11.7. The molecule has 5 nitrogen and oxygen atoms in total. The number of Topliss-reactive ketones (excluding diaryl/α,β-unsaturated/α-hetero) is 1. The first-order valence-electron chi connectivity index (χ1n) is 6.34. The van der Waals surface area contributed by atoms with Crippen molar-refractivity contribution < 1.29 is 14.4 Å². The SMILES string of the molecule is O=C1CN(c2ccc(C3CCC(=O)NC3=O)cc2)C1. The Morgan fingerprint density at radius 1 is 1.05 bits per heavy atom. The molecule has 2 saturated heterocycles. The van der Waals surface area contributed by atoms with Gasteiger partial charge in [-0.15, -0.1) is 0 Å². The van der Waals surface area contributed by atoms with Crippen LogP contribution >= 0.6 is 0 Å². The van der Waals surface area contributed by atoms with Gasteiger partial charge in [0, 0.05) is 12.1 Å². The highest BCUT2D eigenvalue weighted by Gasteiger charge is 2.28. The number of carbonyl (C=O) groups excluding carboxylic acids is 3. The minimum atomic E-state index is -0.246. The summed E-state index contributed by atoms with van der Waals surface area (Å²) in [5, 5.41) is 2.36. The lowest BCUT2D eigenvalue weighted by Crippen LogP contribution is -2.47. The van der Waals surface area contributed by atoms with Gasteiger partial charge in [-0.25, -0.2) is 0 Å². The Morgan fingerprint density at radius 2 is 1.74 bits per heavy atom. The van der Waals surface area contributed by atoms with Crippen molar-refractivity contribution in [2.24, 2.45) is 0 Å². The molecule has 1 aromatic rings. The lowest BCUT2D eigenvalue weighted by Gasteiger charge is -2.31. The summed E-state index contributed by atoms with van der Waals surface area (Å²) in [6.45, 7) is 0.940. The van der Waals surface area contributed by atoms with Gasteiger partial charge < -0.3 is 4.90 Å². The quantitative estimate of drug-likeness (QED) is 0.789. The summed E-state index contributed by atoms with van der Waals surface area (Å²) in [6, 6.07) is 7.65. The van der Waals surface area contributed by atoms with Gasteiger partial charge in [-0.1, -0.05) is 12.1 Å². The number of amides is 2. The van der Waals surface area contributed by atoms with E-state index in [0.717, 1.165) is 11.3 Å². The number of hydrogen-bond donors (Lipinski definition) is 1. The molecule has 0 saturated carbocycles. The minimum absolute atomic E-state index is 0.197. The number of benzene rings is 1. The molecule has 1 N–H and O–H groups in total. The van der Waals surface area contributed by atoms with Crippen LogP contribution in [0.25, 0.3) is 0 Å². The van der Waals surface area contributed by atoms with E-state index in [1.165, 1.54) is 0 Å². The van der Waals surface area contributed by atoms with Crippen molar-refractivity contribution in [3.05, 3.63) is 29.8 Å². The number of carbonyl (C=O) groups is 3. The summed E-state index contributed by atoms with van der Waals surface area (Å²) in [5.41, 5.74) is 1.91. The molecular weight excluding hydrogens is 244 g/mol. The molecule has 19 heavy (non-hydrogen) atoms. The Balaban J connectivity index is 1.73. The third-order valence-corrected chi connectivity index (χ3v) is 3.63. The molecule has 0 bridgehead atoms. The fourth-order valence-corrected chi connectivity index (χ4v) is 2.49. The summed E-state index contributed by atoms with van der Waals surface area (Å²) in [6.07, 6.45) is 0.949. The van der Waals surface area contributed by atoms with Gasteiger partial charge >= 0.3 is 0 Å². The van der Waals surface area contributed by atoms with Gasteiger partial charge in [-0.05, 0) is 24.1 Å². The van der Waals surface area contributed by atoms with Gasteiger partial charge in [0.2, 0.25) is 11.8 Å². The smallest absolute Gasteiger partial charge is 0.234 e. The van der Waals surface area contributed by atoms with Crippen molar-refractivity contribution in [3.8, 4) is 0 Å². The molecule has 1 aromatic carbocycles. The first-order valence-corrected chi connectivity index (χ1v) is 6.34. The highest BCUT2D eigenvalue weighted by molar-refractivity contribution is 6.01. The van der Waals surface area contributed by atoms with Crippen LogP contribution in [-0.4, -0.2) is 30.7 Å². The Bertz CT molecular complexity index is 542. The fraction of sp³-hybridized carbons (Fsp3) is 0.357. The second kappa shape index (κ2) is 4.50. The van der Waals surface area contributed by atoms with Crippen LogP contribution in [0.3, 0.4) is 0 Å². The number of imide groups is 1. The zero-order valence-corrected chi connectivity index (χ0v) is 10.4. The molecule has 2 fully saturated rings. The predicted octanol–water partition coefficient (Wildman–Crippen LogP) is 0.596. The molecule has 0 spiro atoms. The van der Waals surface area contributed by atoms with Crippen molar-refractivity contribution in [1.29, 1.82) is 0 Å². The Kier molecular flexibility index (Phi) is 2.81. The normalized spacial score (nSPS) is 23.1. The summed E-state index contributed by atoms with van der Waals surface area (Å²) in [4.78, 5) is 35.8. The van der Waals surface area contributed by atoms with E-state index >= 15 is 0 Å². The summed E-state index contributed by atoms with van der Waals surface area (Å²) >= 11 is 0. The van der Waals surface area contributed by atoms with Gasteiger partial charge in [0.25, 0.3) is 0 Å². The molecular formula is C14H14N2O3. The Morgan fingerprint density at radius 3 is 2.32 bits per heavy atom. The molecule has 2 aliphatic rings. The third kappa shape index (κ3) is 2.23. The topological polar surface area (TPSA) is 66.5 Å². The van der Waals surface area contributed by atoms with E-state index in [1.807, 2.05) is 29.2 Å². The number of nitrogens with one attached hydrogen (secondary N) is 1. The van der Waals surface area contributed by atoms with Gasteiger partial charge in [-0.2, -0.15) is 0 Å². The number of hydrogen-bond acceptors (Lipinski definition) is 4. The second-order valence-electron chi connectivity index (χ2n) is 4.99. The molecule has 3 rings (SSSR count). The molecule has 1 atom stereocenters. The molecule has 0 aromatic heterocycles. The molecule has 2 heterocycles. The summed E-state index contributed by atoms with van der Waals surface area (Å²) < 4.78 is 0. The molecule has 2 aliphatic heterocycles. The average Bonchev–Trinajstić information content (AvgIpc) is 2.36. The molecule has 98 valence electrons. The second-order valence-corrected chi connectivity index (χ2v) is 4.99. The van der Waals surface area contributed by atoms with Crippen LogP contribution in [0, 0.1) is 0 Å². The maximum absolute atomic E-state index is 11.7. The number of piperidine rings is 1. The number of ketones is 1. The summed E-state index contributed by atoms with van der Waals surface area (Å²) in [7, 11) is 0. The standard InChI is InChI=1S/C14H14N2O3/c17-11-7-16(8-11)10-3-1-9(2-4-10)12-5-6-13(18)15-14(12)19/h1-4,12H,5-8H2,(H,15,18,19). The molecule has 2 amide bonds. The Hall–Kier alpha value is -2.17. The van der Waals surface area contributed by atoms with Gasteiger partial charge in [0.15, 0.2) is 5.78 Å². The first kappa shape index (κ1) is 11.9. The monoisotopic (exact) mass is 258 g/mol. The van der Waals surface area contributed by atoms with Crippen molar-refractivity contribution >= 4 is 23.3 Å². The molecule has 0 radical (unpaired) electrons.